The second-order valence-corrected chi connectivity index (χ2v) is 5.71. The average molecular weight is 315 g/mol. The van der Waals surface area contributed by atoms with Crippen LogP contribution in [0.15, 0.2) is 42.5 Å². The van der Waals surface area contributed by atoms with Crippen molar-refractivity contribution in [2.45, 2.75) is 33.1 Å². The van der Waals surface area contributed by atoms with Crippen LogP contribution in [0.5, 0.6) is 11.5 Å². The van der Waals surface area contributed by atoms with Crippen molar-refractivity contribution in [3.05, 3.63) is 59.2 Å². The third-order valence-electron chi connectivity index (χ3n) is 3.50. The van der Waals surface area contributed by atoms with E-state index in [0.29, 0.717) is 25.4 Å². The summed E-state index contributed by atoms with van der Waals surface area (Å²) in [6.45, 7) is 5.47. The van der Waals surface area contributed by atoms with E-state index in [4.69, 9.17) is 9.47 Å². The van der Waals surface area contributed by atoms with Crippen LogP contribution in [0.2, 0.25) is 0 Å². The first kappa shape index (κ1) is 17.3. The van der Waals surface area contributed by atoms with Crippen LogP contribution in [0.25, 0.3) is 0 Å². The summed E-state index contributed by atoms with van der Waals surface area (Å²) in [5.74, 6) is 1.46. The minimum atomic E-state index is -0.378. The average Bonchev–Trinajstić information content (AvgIpc) is 2.53. The third kappa shape index (κ3) is 5.27. The number of hydrogen-bond donors (Lipinski definition) is 2. The molecule has 0 aliphatic carbocycles. The van der Waals surface area contributed by atoms with E-state index in [0.717, 1.165) is 16.9 Å². The number of ether oxygens (including phenoxy) is 2. The number of nitrogens with one attached hydrogen (secondary N) is 1. The molecule has 0 bridgehead atoms. The predicted octanol–water partition coefficient (Wildman–Crippen LogP) is 3.05. The highest BCUT2D eigenvalue weighted by atomic mass is 16.5. The SMILES string of the molecule is COc1cccc(CNCC(C)O)c1OCc1cccc(C)c1. The fourth-order valence-corrected chi connectivity index (χ4v) is 2.40. The summed E-state index contributed by atoms with van der Waals surface area (Å²) in [5.41, 5.74) is 3.35. The molecular formula is C19H25NO3. The minimum Gasteiger partial charge on any atom is -0.493 e. The van der Waals surface area contributed by atoms with Crippen LogP contribution in [-0.4, -0.2) is 24.9 Å². The van der Waals surface area contributed by atoms with Crippen LogP contribution < -0.4 is 14.8 Å². The number of aliphatic hydroxyl groups is 1. The normalized spacial score (nSPS) is 12.0. The van der Waals surface area contributed by atoms with Crippen molar-refractivity contribution in [1.82, 2.24) is 5.32 Å². The molecule has 0 aromatic heterocycles. The zero-order chi connectivity index (χ0) is 16.7. The predicted molar refractivity (Wildman–Crippen MR) is 91.9 cm³/mol. The largest absolute Gasteiger partial charge is 0.493 e. The van der Waals surface area contributed by atoms with Crippen LogP contribution in [0.1, 0.15) is 23.6 Å². The molecule has 2 rings (SSSR count). The molecule has 23 heavy (non-hydrogen) atoms. The van der Waals surface area contributed by atoms with Crippen molar-refractivity contribution in [3.63, 3.8) is 0 Å². The maximum absolute atomic E-state index is 9.36. The van der Waals surface area contributed by atoms with Crippen LogP contribution in [0.4, 0.5) is 0 Å². The molecule has 1 unspecified atom stereocenters. The maximum Gasteiger partial charge on any atom is 0.166 e. The maximum atomic E-state index is 9.36. The zero-order valence-electron chi connectivity index (χ0n) is 14.0. The Bertz CT molecular complexity index is 626. The first-order valence-electron chi connectivity index (χ1n) is 7.83. The molecule has 0 fully saturated rings. The van der Waals surface area contributed by atoms with E-state index in [1.54, 1.807) is 14.0 Å². The molecule has 0 heterocycles. The van der Waals surface area contributed by atoms with Gasteiger partial charge in [-0.1, -0.05) is 42.0 Å². The number of aliphatic hydroxyl groups excluding tert-OH is 1. The van der Waals surface area contributed by atoms with Crippen LogP contribution in [0.3, 0.4) is 0 Å². The Morgan fingerprint density at radius 2 is 1.96 bits per heavy atom. The number of benzene rings is 2. The Kier molecular flexibility index (Phi) is 6.44. The van der Waals surface area contributed by atoms with Gasteiger partial charge in [-0.3, -0.25) is 0 Å². The van der Waals surface area contributed by atoms with Crippen molar-refractivity contribution in [2.24, 2.45) is 0 Å². The van der Waals surface area contributed by atoms with E-state index in [1.165, 1.54) is 5.56 Å². The van der Waals surface area contributed by atoms with Crippen molar-refractivity contribution < 1.29 is 14.6 Å². The molecule has 124 valence electrons. The quantitative estimate of drug-likeness (QED) is 0.786. The number of para-hydroxylation sites is 1. The van der Waals surface area contributed by atoms with Gasteiger partial charge in [0.1, 0.15) is 6.61 Å². The molecule has 0 amide bonds. The molecule has 2 N–H and O–H groups in total. The van der Waals surface area contributed by atoms with Crippen molar-refractivity contribution in [2.75, 3.05) is 13.7 Å². The standard InChI is InChI=1S/C19H25NO3/c1-14-6-4-7-16(10-14)13-23-19-17(12-20-11-15(2)21)8-5-9-18(19)22-3/h4-10,15,20-21H,11-13H2,1-3H3. The number of methoxy groups -OCH3 is 1. The van der Waals surface area contributed by atoms with Gasteiger partial charge in [0.2, 0.25) is 0 Å². The number of hydrogen-bond acceptors (Lipinski definition) is 4. The Labute approximate surface area is 138 Å². The van der Waals surface area contributed by atoms with Gasteiger partial charge in [-0.15, -0.1) is 0 Å². The van der Waals surface area contributed by atoms with Crippen LogP contribution >= 0.6 is 0 Å². The van der Waals surface area contributed by atoms with Gasteiger partial charge in [-0.2, -0.15) is 0 Å². The lowest BCUT2D eigenvalue weighted by atomic mass is 10.1. The molecule has 2 aromatic carbocycles. The lowest BCUT2D eigenvalue weighted by molar-refractivity contribution is 0.190. The van der Waals surface area contributed by atoms with Gasteiger partial charge in [0.25, 0.3) is 0 Å². The highest BCUT2D eigenvalue weighted by Crippen LogP contribution is 2.31. The molecular weight excluding hydrogens is 290 g/mol. The van der Waals surface area contributed by atoms with Gasteiger partial charge in [-0.05, 0) is 25.5 Å². The molecule has 0 saturated carbocycles. The van der Waals surface area contributed by atoms with Crippen molar-refractivity contribution >= 4 is 0 Å². The van der Waals surface area contributed by atoms with Crippen molar-refractivity contribution in [3.8, 4) is 11.5 Å². The van der Waals surface area contributed by atoms with Gasteiger partial charge in [0.15, 0.2) is 11.5 Å². The molecule has 0 aliphatic rings. The Morgan fingerprint density at radius 1 is 1.17 bits per heavy atom. The van der Waals surface area contributed by atoms with E-state index in [-0.39, 0.29) is 6.10 Å². The van der Waals surface area contributed by atoms with Crippen molar-refractivity contribution in [1.29, 1.82) is 0 Å². The van der Waals surface area contributed by atoms with E-state index >= 15 is 0 Å². The van der Waals surface area contributed by atoms with Gasteiger partial charge in [0, 0.05) is 18.7 Å². The number of rotatable bonds is 8. The van der Waals surface area contributed by atoms with Crippen LogP contribution in [0, 0.1) is 6.92 Å². The van der Waals surface area contributed by atoms with E-state index in [2.05, 4.69) is 24.4 Å². The summed E-state index contributed by atoms with van der Waals surface area (Å²) in [6, 6.07) is 14.1. The Morgan fingerprint density at radius 3 is 2.65 bits per heavy atom. The minimum absolute atomic E-state index is 0.378. The Hall–Kier alpha value is -2.04. The van der Waals surface area contributed by atoms with Gasteiger partial charge >= 0.3 is 0 Å². The summed E-state index contributed by atoms with van der Waals surface area (Å²) in [7, 11) is 1.64. The third-order valence-corrected chi connectivity index (χ3v) is 3.50. The van der Waals surface area contributed by atoms with Gasteiger partial charge in [0.05, 0.1) is 13.2 Å². The summed E-state index contributed by atoms with van der Waals surface area (Å²) >= 11 is 0. The molecule has 0 spiro atoms. The monoisotopic (exact) mass is 315 g/mol. The van der Waals surface area contributed by atoms with E-state index in [1.807, 2.05) is 30.3 Å². The topological polar surface area (TPSA) is 50.7 Å². The summed E-state index contributed by atoms with van der Waals surface area (Å²) in [6.07, 6.45) is -0.378. The molecule has 2 aromatic rings. The highest BCUT2D eigenvalue weighted by Gasteiger charge is 2.11. The summed E-state index contributed by atoms with van der Waals surface area (Å²) in [5, 5.41) is 12.6. The second kappa shape index (κ2) is 8.56. The number of aryl methyl sites for hydroxylation is 1. The Balaban J connectivity index is 2.11. The molecule has 0 aliphatic heterocycles. The molecule has 4 heteroatoms. The molecule has 1 atom stereocenters. The summed E-state index contributed by atoms with van der Waals surface area (Å²) in [4.78, 5) is 0. The second-order valence-electron chi connectivity index (χ2n) is 5.71. The first-order chi connectivity index (χ1) is 11.1. The summed E-state index contributed by atoms with van der Waals surface area (Å²) < 4.78 is 11.5. The van der Waals surface area contributed by atoms with E-state index < -0.39 is 0 Å². The fraction of sp³-hybridized carbons (Fsp3) is 0.368. The van der Waals surface area contributed by atoms with Gasteiger partial charge < -0.3 is 19.9 Å². The smallest absolute Gasteiger partial charge is 0.166 e. The zero-order valence-corrected chi connectivity index (χ0v) is 14.0. The molecule has 0 radical (unpaired) electrons. The first-order valence-corrected chi connectivity index (χ1v) is 7.83. The van der Waals surface area contributed by atoms with E-state index in [9.17, 15) is 5.11 Å². The van der Waals surface area contributed by atoms with Gasteiger partial charge in [-0.25, -0.2) is 0 Å². The fourth-order valence-electron chi connectivity index (χ4n) is 2.40. The lowest BCUT2D eigenvalue weighted by Gasteiger charge is -2.16. The molecule has 4 nitrogen and oxygen atoms in total. The van der Waals surface area contributed by atoms with Crippen LogP contribution in [-0.2, 0) is 13.2 Å². The molecule has 0 saturated heterocycles. The highest BCUT2D eigenvalue weighted by molar-refractivity contribution is 5.46. The lowest BCUT2D eigenvalue weighted by Crippen LogP contribution is -2.24.